The second-order valence-corrected chi connectivity index (χ2v) is 9.04. The molecule has 10 heteroatoms. The van der Waals surface area contributed by atoms with Gasteiger partial charge >= 0.3 is 0 Å². The Labute approximate surface area is 164 Å². The van der Waals surface area contributed by atoms with E-state index in [2.05, 4.69) is 20.5 Å². The normalized spacial score (nSPS) is 15.5. The summed E-state index contributed by atoms with van der Waals surface area (Å²) in [6.45, 7) is 2.84. The second kappa shape index (κ2) is 7.36. The molecular formula is C18H23N7O2S. The maximum atomic E-state index is 12.1. The second-order valence-electron chi connectivity index (χ2n) is 6.95. The van der Waals surface area contributed by atoms with Crippen LogP contribution in [0, 0.1) is 0 Å². The first-order chi connectivity index (χ1) is 13.4. The van der Waals surface area contributed by atoms with E-state index < -0.39 is 10.0 Å². The van der Waals surface area contributed by atoms with Crippen molar-refractivity contribution in [2.45, 2.75) is 19.4 Å². The van der Waals surface area contributed by atoms with E-state index >= 15 is 0 Å². The molecule has 4 rings (SSSR count). The summed E-state index contributed by atoms with van der Waals surface area (Å²) < 4.78 is 29.3. The molecule has 0 aromatic carbocycles. The number of aryl methyl sites for hydroxylation is 1. The number of nitrogens with one attached hydrogen (secondary N) is 1. The lowest BCUT2D eigenvalue weighted by molar-refractivity contribution is 0.191. The number of sulfonamides is 1. The molecule has 0 saturated carbocycles. The van der Waals surface area contributed by atoms with Gasteiger partial charge in [-0.3, -0.25) is 9.36 Å². The lowest BCUT2D eigenvalue weighted by Gasteiger charge is -2.37. The highest BCUT2D eigenvalue weighted by Gasteiger charge is 2.36. The Balaban J connectivity index is 1.44. The van der Waals surface area contributed by atoms with Gasteiger partial charge in [0.2, 0.25) is 10.0 Å². The van der Waals surface area contributed by atoms with Crippen LogP contribution >= 0.6 is 0 Å². The number of hydrogen-bond acceptors (Lipinski definition) is 6. The maximum absolute atomic E-state index is 12.1. The standard InChI is InChI=1S/C18H23N7O2S/c1-3-6-28(26,27)24-12-17(13-24)25-10-15(8-21-25)14-4-5-19-18(7-14)22-16-9-20-23(2)11-16/h4-5,7-11,17H,3,6,12-13H2,1-2H3,(H,19,22). The van der Waals surface area contributed by atoms with Crippen LogP contribution in [0.25, 0.3) is 11.1 Å². The molecule has 1 N–H and O–H groups in total. The Hall–Kier alpha value is -2.72. The van der Waals surface area contributed by atoms with E-state index in [4.69, 9.17) is 0 Å². The Morgan fingerprint density at radius 2 is 2.00 bits per heavy atom. The van der Waals surface area contributed by atoms with Crippen molar-refractivity contribution in [1.29, 1.82) is 0 Å². The van der Waals surface area contributed by atoms with Gasteiger partial charge < -0.3 is 5.32 Å². The maximum Gasteiger partial charge on any atom is 0.214 e. The fourth-order valence-electron chi connectivity index (χ4n) is 3.20. The summed E-state index contributed by atoms with van der Waals surface area (Å²) in [4.78, 5) is 4.34. The molecule has 1 saturated heterocycles. The van der Waals surface area contributed by atoms with E-state index in [0.717, 1.165) is 22.6 Å². The third-order valence-corrected chi connectivity index (χ3v) is 6.74. The van der Waals surface area contributed by atoms with E-state index in [1.165, 1.54) is 4.31 Å². The van der Waals surface area contributed by atoms with Gasteiger partial charge in [-0.05, 0) is 24.1 Å². The molecular weight excluding hydrogens is 378 g/mol. The van der Waals surface area contributed by atoms with Crippen molar-refractivity contribution in [2.75, 3.05) is 24.2 Å². The van der Waals surface area contributed by atoms with Crippen LogP contribution in [0.15, 0.2) is 43.1 Å². The fraction of sp³-hybridized carbons (Fsp3) is 0.389. The van der Waals surface area contributed by atoms with Crippen LogP contribution in [-0.4, -0.2) is 56.1 Å². The van der Waals surface area contributed by atoms with Gasteiger partial charge in [0.25, 0.3) is 0 Å². The van der Waals surface area contributed by atoms with Gasteiger partial charge in [0.05, 0.1) is 29.9 Å². The number of nitrogens with zero attached hydrogens (tertiary/aromatic N) is 6. The molecule has 4 heterocycles. The van der Waals surface area contributed by atoms with Crippen molar-refractivity contribution in [3.63, 3.8) is 0 Å². The summed E-state index contributed by atoms with van der Waals surface area (Å²) in [5.74, 6) is 0.923. The SMILES string of the molecule is CCCS(=O)(=O)N1CC(n2cc(-c3ccnc(Nc4cnn(C)c4)c3)cn2)C1. The van der Waals surface area contributed by atoms with Crippen LogP contribution < -0.4 is 5.32 Å². The van der Waals surface area contributed by atoms with Crippen LogP contribution in [0.5, 0.6) is 0 Å². The zero-order valence-electron chi connectivity index (χ0n) is 15.9. The van der Waals surface area contributed by atoms with Crippen molar-refractivity contribution in [2.24, 2.45) is 7.05 Å². The van der Waals surface area contributed by atoms with Crippen molar-refractivity contribution < 1.29 is 8.42 Å². The number of hydrogen-bond donors (Lipinski definition) is 1. The number of anilines is 2. The molecule has 0 aliphatic carbocycles. The van der Waals surface area contributed by atoms with E-state index in [-0.39, 0.29) is 11.8 Å². The van der Waals surface area contributed by atoms with Gasteiger partial charge in [0, 0.05) is 44.3 Å². The summed E-state index contributed by atoms with van der Waals surface area (Å²) in [7, 11) is -1.27. The minimum atomic E-state index is -3.12. The molecule has 1 aliphatic rings. The van der Waals surface area contributed by atoms with Crippen molar-refractivity contribution in [1.82, 2.24) is 28.9 Å². The van der Waals surface area contributed by atoms with Crippen LogP contribution in [0.2, 0.25) is 0 Å². The topological polar surface area (TPSA) is 97.9 Å². The van der Waals surface area contributed by atoms with Crippen molar-refractivity contribution in [3.8, 4) is 11.1 Å². The van der Waals surface area contributed by atoms with Gasteiger partial charge in [-0.25, -0.2) is 13.4 Å². The molecule has 3 aromatic rings. The molecule has 28 heavy (non-hydrogen) atoms. The largest absolute Gasteiger partial charge is 0.338 e. The summed E-state index contributed by atoms with van der Waals surface area (Å²) in [6, 6.07) is 3.96. The molecule has 0 radical (unpaired) electrons. The Bertz CT molecular complexity index is 1070. The van der Waals surface area contributed by atoms with Crippen LogP contribution in [-0.2, 0) is 17.1 Å². The quantitative estimate of drug-likeness (QED) is 0.650. The zero-order valence-corrected chi connectivity index (χ0v) is 16.7. The molecule has 0 amide bonds. The monoisotopic (exact) mass is 401 g/mol. The first-order valence-corrected chi connectivity index (χ1v) is 10.8. The molecule has 0 unspecified atom stereocenters. The highest BCUT2D eigenvalue weighted by molar-refractivity contribution is 7.89. The van der Waals surface area contributed by atoms with E-state index in [1.54, 1.807) is 23.3 Å². The molecule has 3 aromatic heterocycles. The minimum absolute atomic E-state index is 0.0789. The molecule has 0 spiro atoms. The first kappa shape index (κ1) is 18.6. The van der Waals surface area contributed by atoms with Gasteiger partial charge in [-0.1, -0.05) is 6.92 Å². The Morgan fingerprint density at radius 3 is 2.71 bits per heavy atom. The molecule has 1 fully saturated rings. The van der Waals surface area contributed by atoms with E-state index in [9.17, 15) is 8.42 Å². The molecule has 0 atom stereocenters. The van der Waals surface area contributed by atoms with Crippen LogP contribution in [0.3, 0.4) is 0 Å². The average Bonchev–Trinajstić information content (AvgIpc) is 3.23. The van der Waals surface area contributed by atoms with E-state index in [0.29, 0.717) is 19.5 Å². The zero-order chi connectivity index (χ0) is 19.7. The molecule has 148 valence electrons. The third kappa shape index (κ3) is 3.78. The highest BCUT2D eigenvalue weighted by atomic mass is 32.2. The Morgan fingerprint density at radius 1 is 1.18 bits per heavy atom. The predicted octanol–water partition coefficient (Wildman–Crippen LogP) is 2.02. The van der Waals surface area contributed by atoms with Gasteiger partial charge in [0.15, 0.2) is 0 Å². The van der Waals surface area contributed by atoms with Crippen molar-refractivity contribution in [3.05, 3.63) is 43.1 Å². The van der Waals surface area contributed by atoms with Gasteiger partial charge in [0.1, 0.15) is 5.82 Å². The smallest absolute Gasteiger partial charge is 0.214 e. The lowest BCUT2D eigenvalue weighted by atomic mass is 10.1. The summed E-state index contributed by atoms with van der Waals surface area (Å²) >= 11 is 0. The lowest BCUT2D eigenvalue weighted by Crippen LogP contribution is -2.51. The first-order valence-electron chi connectivity index (χ1n) is 9.18. The molecule has 1 aliphatic heterocycles. The third-order valence-electron chi connectivity index (χ3n) is 4.73. The number of rotatable bonds is 7. The molecule has 0 bridgehead atoms. The van der Waals surface area contributed by atoms with Gasteiger partial charge in [-0.2, -0.15) is 14.5 Å². The summed E-state index contributed by atoms with van der Waals surface area (Å²) in [6.07, 6.45) is 9.74. The predicted molar refractivity (Wildman–Crippen MR) is 107 cm³/mol. The number of pyridine rings is 1. The fourth-order valence-corrected chi connectivity index (χ4v) is 4.77. The summed E-state index contributed by atoms with van der Waals surface area (Å²) in [5, 5.41) is 11.8. The van der Waals surface area contributed by atoms with Gasteiger partial charge in [-0.15, -0.1) is 0 Å². The van der Waals surface area contributed by atoms with E-state index in [1.807, 2.05) is 43.2 Å². The van der Waals surface area contributed by atoms with Crippen molar-refractivity contribution >= 4 is 21.5 Å². The number of aromatic nitrogens is 5. The highest BCUT2D eigenvalue weighted by Crippen LogP contribution is 2.28. The minimum Gasteiger partial charge on any atom is -0.338 e. The molecule has 9 nitrogen and oxygen atoms in total. The Kier molecular flexibility index (Phi) is 4.90. The van der Waals surface area contributed by atoms with Crippen LogP contribution in [0.4, 0.5) is 11.5 Å². The van der Waals surface area contributed by atoms with Crippen LogP contribution in [0.1, 0.15) is 19.4 Å². The average molecular weight is 401 g/mol. The summed E-state index contributed by atoms with van der Waals surface area (Å²) in [5.41, 5.74) is 2.82.